The van der Waals surface area contributed by atoms with Gasteiger partial charge in [0.15, 0.2) is 5.11 Å². The van der Waals surface area contributed by atoms with E-state index in [0.717, 1.165) is 44.1 Å². The highest BCUT2D eigenvalue weighted by Gasteiger charge is 2.41. The van der Waals surface area contributed by atoms with E-state index in [0.29, 0.717) is 18.0 Å². The van der Waals surface area contributed by atoms with Crippen LogP contribution in [0.1, 0.15) is 56.4 Å². The van der Waals surface area contributed by atoms with Crippen LogP contribution in [0.4, 0.5) is 0 Å². The van der Waals surface area contributed by atoms with Crippen LogP contribution in [0.2, 0.25) is 0 Å². The predicted molar refractivity (Wildman–Crippen MR) is 130 cm³/mol. The number of nitrogens with zero attached hydrogens (tertiary/aromatic N) is 2. The van der Waals surface area contributed by atoms with Crippen molar-refractivity contribution >= 4 is 44.2 Å². The number of aryl methyl sites for hydroxylation is 1. The molecule has 2 heterocycles. The van der Waals surface area contributed by atoms with Gasteiger partial charge in [-0.3, -0.25) is 4.90 Å². The molecule has 2 aliphatic rings. The summed E-state index contributed by atoms with van der Waals surface area (Å²) in [5, 5.41) is 6.09. The molecule has 6 heteroatoms. The second kappa shape index (κ2) is 8.56. The first-order valence-corrected chi connectivity index (χ1v) is 12.3. The number of H-pyrrole nitrogens is 1. The first-order valence-electron chi connectivity index (χ1n) is 11.1. The van der Waals surface area contributed by atoms with Crippen LogP contribution in [0.5, 0.6) is 0 Å². The molecular formula is C23H33BrN4S. The number of likely N-dealkylation sites (tertiary alicyclic amines) is 1. The number of aromatic amines is 1. The molecule has 3 unspecified atom stereocenters. The Labute approximate surface area is 188 Å². The molecule has 2 aromatic rings. The van der Waals surface area contributed by atoms with Gasteiger partial charge in [-0.1, -0.05) is 22.9 Å². The van der Waals surface area contributed by atoms with Crippen molar-refractivity contribution in [3.8, 4) is 0 Å². The minimum atomic E-state index is 0.395. The predicted octanol–water partition coefficient (Wildman–Crippen LogP) is 4.95. The minimum absolute atomic E-state index is 0.395. The number of benzene rings is 1. The summed E-state index contributed by atoms with van der Waals surface area (Å²) >= 11 is 9.50. The van der Waals surface area contributed by atoms with Crippen LogP contribution in [0.3, 0.4) is 0 Å². The van der Waals surface area contributed by atoms with Crippen LogP contribution in [0, 0.1) is 6.92 Å². The van der Waals surface area contributed by atoms with Crippen LogP contribution in [0.15, 0.2) is 16.6 Å². The third-order valence-electron chi connectivity index (χ3n) is 6.84. The van der Waals surface area contributed by atoms with Crippen LogP contribution >= 0.6 is 28.1 Å². The van der Waals surface area contributed by atoms with Crippen LogP contribution < -0.4 is 5.32 Å². The number of rotatable bonds is 5. The lowest BCUT2D eigenvalue weighted by Crippen LogP contribution is -2.57. The highest BCUT2D eigenvalue weighted by molar-refractivity contribution is 9.10. The Morgan fingerprint density at radius 2 is 2.07 bits per heavy atom. The average Bonchev–Trinajstić information content (AvgIpc) is 2.99. The zero-order valence-corrected chi connectivity index (χ0v) is 20.4. The maximum Gasteiger partial charge on any atom is 0.169 e. The van der Waals surface area contributed by atoms with Gasteiger partial charge >= 0.3 is 0 Å². The minimum Gasteiger partial charge on any atom is -0.359 e. The van der Waals surface area contributed by atoms with E-state index in [1.807, 2.05) is 0 Å². The number of fused-ring (bicyclic) bond motifs is 2. The Morgan fingerprint density at radius 1 is 1.31 bits per heavy atom. The molecule has 4 rings (SSSR count). The molecule has 2 N–H and O–H groups in total. The molecule has 4 nitrogen and oxygen atoms in total. The van der Waals surface area contributed by atoms with Crippen molar-refractivity contribution in [2.24, 2.45) is 0 Å². The lowest BCUT2D eigenvalue weighted by Gasteiger charge is -2.48. The summed E-state index contributed by atoms with van der Waals surface area (Å²) in [6.07, 6.45) is 3.48. The third-order valence-corrected chi connectivity index (χ3v) is 7.67. The zero-order valence-electron chi connectivity index (χ0n) is 18.0. The molecule has 0 radical (unpaired) electrons. The Kier molecular flexibility index (Phi) is 6.24. The van der Waals surface area contributed by atoms with Gasteiger partial charge < -0.3 is 15.2 Å². The smallest absolute Gasteiger partial charge is 0.169 e. The quantitative estimate of drug-likeness (QED) is 0.598. The summed E-state index contributed by atoms with van der Waals surface area (Å²) in [5.41, 5.74) is 5.63. The summed E-state index contributed by atoms with van der Waals surface area (Å²) in [7, 11) is 0. The maximum absolute atomic E-state index is 5.74. The molecule has 0 saturated carbocycles. The van der Waals surface area contributed by atoms with Gasteiger partial charge in [0, 0.05) is 58.7 Å². The molecule has 29 heavy (non-hydrogen) atoms. The van der Waals surface area contributed by atoms with Crippen molar-refractivity contribution in [1.29, 1.82) is 0 Å². The Balaban J connectivity index is 1.69. The van der Waals surface area contributed by atoms with Gasteiger partial charge in [0.2, 0.25) is 0 Å². The summed E-state index contributed by atoms with van der Waals surface area (Å²) in [6, 6.07) is 5.57. The van der Waals surface area contributed by atoms with Crippen LogP contribution in [-0.2, 0) is 6.42 Å². The van der Waals surface area contributed by atoms with Crippen molar-refractivity contribution in [2.75, 3.05) is 26.2 Å². The Morgan fingerprint density at radius 3 is 2.76 bits per heavy atom. The lowest BCUT2D eigenvalue weighted by atomic mass is 9.73. The monoisotopic (exact) mass is 476 g/mol. The zero-order chi connectivity index (χ0) is 20.7. The summed E-state index contributed by atoms with van der Waals surface area (Å²) < 4.78 is 1.17. The van der Waals surface area contributed by atoms with Gasteiger partial charge in [-0.05, 0) is 82.1 Å². The standard InChI is InChI=1S/C23H33BrN4S/c1-5-8-28-13-16(26-23(29)27(6-2)7-3)11-18-19-9-15(24)10-20-22(19)17(12-21(18)28)14(4)25-20/h9-10,16,18,21,25H,5-8,11-13H2,1-4H3,(H,26,29). The van der Waals surface area contributed by atoms with E-state index < -0.39 is 0 Å². The van der Waals surface area contributed by atoms with Crippen molar-refractivity contribution in [3.05, 3.63) is 33.4 Å². The molecule has 0 spiro atoms. The number of nitrogens with one attached hydrogen (secondary N) is 2. The first-order chi connectivity index (χ1) is 14.0. The normalized spacial score (nSPS) is 23.8. The fourth-order valence-corrected chi connectivity index (χ4v) is 6.43. The molecule has 3 atom stereocenters. The number of halogens is 1. The van der Waals surface area contributed by atoms with Gasteiger partial charge in [0.1, 0.15) is 0 Å². The summed E-state index contributed by atoms with van der Waals surface area (Å²) in [4.78, 5) is 8.61. The highest BCUT2D eigenvalue weighted by Crippen LogP contribution is 2.45. The molecule has 0 bridgehead atoms. The molecule has 1 aromatic heterocycles. The van der Waals surface area contributed by atoms with Gasteiger partial charge in [-0.15, -0.1) is 0 Å². The van der Waals surface area contributed by atoms with Gasteiger partial charge in [0.25, 0.3) is 0 Å². The SMILES string of the molecule is CCCN1CC(NC(=S)N(CC)CC)CC2c3cc(Br)cc4[nH]c(C)c(c34)CC21. The number of hydrogen-bond donors (Lipinski definition) is 2. The average molecular weight is 478 g/mol. The van der Waals surface area contributed by atoms with Gasteiger partial charge in [-0.25, -0.2) is 0 Å². The maximum atomic E-state index is 5.74. The molecule has 1 aliphatic carbocycles. The first kappa shape index (κ1) is 21.1. The molecular weight excluding hydrogens is 444 g/mol. The van der Waals surface area contributed by atoms with Crippen molar-refractivity contribution in [1.82, 2.24) is 20.1 Å². The Bertz CT molecular complexity index is 904. The largest absolute Gasteiger partial charge is 0.359 e. The van der Waals surface area contributed by atoms with Crippen LogP contribution in [-0.4, -0.2) is 58.2 Å². The van der Waals surface area contributed by atoms with E-state index in [4.69, 9.17) is 12.2 Å². The van der Waals surface area contributed by atoms with E-state index >= 15 is 0 Å². The fraction of sp³-hybridized carbons (Fsp3) is 0.609. The van der Waals surface area contributed by atoms with Crippen LogP contribution in [0.25, 0.3) is 10.9 Å². The van der Waals surface area contributed by atoms with Crippen molar-refractivity contribution in [3.63, 3.8) is 0 Å². The summed E-state index contributed by atoms with van der Waals surface area (Å²) in [5.74, 6) is 0.537. The second-order valence-corrected chi connectivity index (χ2v) is 9.88. The van der Waals surface area contributed by atoms with E-state index in [9.17, 15) is 0 Å². The van der Waals surface area contributed by atoms with Gasteiger partial charge in [-0.2, -0.15) is 0 Å². The molecule has 1 fully saturated rings. The van der Waals surface area contributed by atoms with Gasteiger partial charge in [0.05, 0.1) is 0 Å². The number of piperidine rings is 1. The van der Waals surface area contributed by atoms with Crippen molar-refractivity contribution < 1.29 is 0 Å². The topological polar surface area (TPSA) is 34.3 Å². The fourth-order valence-electron chi connectivity index (χ4n) is 5.53. The van der Waals surface area contributed by atoms with E-state index in [1.54, 1.807) is 0 Å². The van der Waals surface area contributed by atoms with E-state index in [1.165, 1.54) is 38.6 Å². The molecule has 1 aromatic carbocycles. The van der Waals surface area contributed by atoms with Crippen molar-refractivity contribution in [2.45, 2.75) is 65.0 Å². The Hall–Kier alpha value is -1.11. The van der Waals surface area contributed by atoms with E-state index in [2.05, 4.69) is 75.9 Å². The molecule has 0 amide bonds. The molecule has 158 valence electrons. The number of hydrogen-bond acceptors (Lipinski definition) is 2. The molecule has 1 saturated heterocycles. The van der Waals surface area contributed by atoms with E-state index in [-0.39, 0.29) is 0 Å². The molecule has 1 aliphatic heterocycles. The number of thiocarbonyl (C=S) groups is 1. The lowest BCUT2D eigenvalue weighted by molar-refractivity contribution is 0.104. The third kappa shape index (κ3) is 3.84. The summed E-state index contributed by atoms with van der Waals surface area (Å²) in [6.45, 7) is 13.0. The number of aromatic nitrogens is 1. The second-order valence-electron chi connectivity index (χ2n) is 8.57. The highest BCUT2D eigenvalue weighted by atomic mass is 79.9.